The zero-order valence-electron chi connectivity index (χ0n) is 8.92. The van der Waals surface area contributed by atoms with Gasteiger partial charge in [0.1, 0.15) is 0 Å². The summed E-state index contributed by atoms with van der Waals surface area (Å²) in [6.07, 6.45) is 4.20. The van der Waals surface area contributed by atoms with Crippen molar-refractivity contribution in [3.63, 3.8) is 0 Å². The van der Waals surface area contributed by atoms with Crippen molar-refractivity contribution in [1.29, 1.82) is 0 Å². The van der Waals surface area contributed by atoms with Gasteiger partial charge in [0, 0.05) is 12.6 Å². The van der Waals surface area contributed by atoms with E-state index in [4.69, 9.17) is 5.73 Å². The van der Waals surface area contributed by atoms with Crippen molar-refractivity contribution < 1.29 is 0 Å². The molecule has 2 aliphatic rings. The van der Waals surface area contributed by atoms with E-state index in [1.54, 1.807) is 0 Å². The zero-order chi connectivity index (χ0) is 9.47. The van der Waals surface area contributed by atoms with E-state index in [1.165, 1.54) is 32.4 Å². The third kappa shape index (κ3) is 1.89. The zero-order valence-corrected chi connectivity index (χ0v) is 8.92. The molecule has 0 bridgehead atoms. The van der Waals surface area contributed by atoms with Gasteiger partial charge in [-0.3, -0.25) is 4.90 Å². The first-order chi connectivity index (χ1) is 6.14. The maximum Gasteiger partial charge on any atom is 0.00954 e. The summed E-state index contributed by atoms with van der Waals surface area (Å²) < 4.78 is 0. The smallest absolute Gasteiger partial charge is 0.00954 e. The van der Waals surface area contributed by atoms with E-state index in [2.05, 4.69) is 18.7 Å². The lowest BCUT2D eigenvalue weighted by Gasteiger charge is -2.27. The summed E-state index contributed by atoms with van der Waals surface area (Å²) in [7, 11) is 0. The molecule has 76 valence electrons. The Hall–Kier alpha value is -0.0800. The second kappa shape index (κ2) is 3.25. The number of hydrogen-bond donors (Lipinski definition) is 1. The number of hydrogen-bond acceptors (Lipinski definition) is 2. The van der Waals surface area contributed by atoms with Gasteiger partial charge in [0.25, 0.3) is 0 Å². The molecule has 1 saturated heterocycles. The molecule has 2 heteroatoms. The highest BCUT2D eigenvalue weighted by atomic mass is 15.2. The number of rotatable bonds is 3. The standard InChI is InChI=1S/C11H22N2/c1-9(10-3-4-10)13-6-5-11(2,7-12)8-13/h9-10H,3-8,12H2,1-2H3. The van der Waals surface area contributed by atoms with E-state index in [-0.39, 0.29) is 0 Å². The Morgan fingerprint density at radius 1 is 1.54 bits per heavy atom. The van der Waals surface area contributed by atoms with E-state index in [0.29, 0.717) is 5.41 Å². The van der Waals surface area contributed by atoms with Crippen LogP contribution in [-0.4, -0.2) is 30.6 Å². The van der Waals surface area contributed by atoms with Crippen LogP contribution in [0.3, 0.4) is 0 Å². The summed E-state index contributed by atoms with van der Waals surface area (Å²) in [6, 6.07) is 0.813. The van der Waals surface area contributed by atoms with Gasteiger partial charge in [0.15, 0.2) is 0 Å². The van der Waals surface area contributed by atoms with Crippen molar-refractivity contribution in [2.24, 2.45) is 17.1 Å². The van der Waals surface area contributed by atoms with E-state index >= 15 is 0 Å². The largest absolute Gasteiger partial charge is 0.330 e. The normalized spacial score (nSPS) is 38.1. The topological polar surface area (TPSA) is 29.3 Å². The van der Waals surface area contributed by atoms with Crippen LogP contribution >= 0.6 is 0 Å². The highest BCUT2D eigenvalue weighted by Crippen LogP contribution is 2.39. The molecule has 1 aliphatic carbocycles. The molecule has 0 amide bonds. The van der Waals surface area contributed by atoms with E-state index in [0.717, 1.165) is 18.5 Å². The minimum atomic E-state index is 0.406. The minimum Gasteiger partial charge on any atom is -0.330 e. The minimum absolute atomic E-state index is 0.406. The fraction of sp³-hybridized carbons (Fsp3) is 1.00. The third-order valence-electron chi connectivity index (χ3n) is 3.96. The molecule has 0 aromatic rings. The van der Waals surface area contributed by atoms with Crippen molar-refractivity contribution >= 4 is 0 Å². The summed E-state index contributed by atoms with van der Waals surface area (Å²) in [5, 5.41) is 0. The second-order valence-electron chi connectivity index (χ2n) is 5.31. The lowest BCUT2D eigenvalue weighted by atomic mass is 9.90. The molecule has 2 nitrogen and oxygen atoms in total. The fourth-order valence-corrected chi connectivity index (χ4v) is 2.45. The average molecular weight is 182 g/mol. The van der Waals surface area contributed by atoms with Crippen LogP contribution in [0.1, 0.15) is 33.1 Å². The number of likely N-dealkylation sites (tertiary alicyclic amines) is 1. The summed E-state index contributed by atoms with van der Waals surface area (Å²) in [5.41, 5.74) is 6.20. The molecule has 0 radical (unpaired) electrons. The molecule has 1 aliphatic heterocycles. The molecule has 2 rings (SSSR count). The number of nitrogens with zero attached hydrogens (tertiary/aromatic N) is 1. The first kappa shape index (κ1) is 9.47. The van der Waals surface area contributed by atoms with Crippen molar-refractivity contribution in [1.82, 2.24) is 4.90 Å². The van der Waals surface area contributed by atoms with Crippen molar-refractivity contribution in [3.8, 4) is 0 Å². The van der Waals surface area contributed by atoms with Crippen molar-refractivity contribution in [3.05, 3.63) is 0 Å². The summed E-state index contributed by atoms with van der Waals surface area (Å²) >= 11 is 0. The van der Waals surface area contributed by atoms with Crippen LogP contribution in [0.2, 0.25) is 0 Å². The molecule has 0 aromatic carbocycles. The maximum absolute atomic E-state index is 5.80. The van der Waals surface area contributed by atoms with Crippen LogP contribution in [0.25, 0.3) is 0 Å². The van der Waals surface area contributed by atoms with Crippen LogP contribution in [0.4, 0.5) is 0 Å². The van der Waals surface area contributed by atoms with Gasteiger partial charge in [0.2, 0.25) is 0 Å². The molecule has 13 heavy (non-hydrogen) atoms. The Balaban J connectivity index is 1.89. The van der Waals surface area contributed by atoms with Crippen LogP contribution in [-0.2, 0) is 0 Å². The summed E-state index contributed by atoms with van der Waals surface area (Å²) in [4.78, 5) is 2.64. The van der Waals surface area contributed by atoms with Crippen LogP contribution in [0.15, 0.2) is 0 Å². The van der Waals surface area contributed by atoms with E-state index in [1.807, 2.05) is 0 Å². The molecule has 0 aromatic heterocycles. The Bertz CT molecular complexity index is 189. The molecule has 0 spiro atoms. The highest BCUT2D eigenvalue weighted by Gasteiger charge is 2.39. The van der Waals surface area contributed by atoms with Gasteiger partial charge in [-0.2, -0.15) is 0 Å². The van der Waals surface area contributed by atoms with E-state index in [9.17, 15) is 0 Å². The number of nitrogens with two attached hydrogens (primary N) is 1. The molecule has 1 saturated carbocycles. The van der Waals surface area contributed by atoms with Gasteiger partial charge in [-0.15, -0.1) is 0 Å². The molecule has 2 unspecified atom stereocenters. The summed E-state index contributed by atoms with van der Waals surface area (Å²) in [6.45, 7) is 8.06. The lowest BCUT2D eigenvalue weighted by Crippen LogP contribution is -2.36. The van der Waals surface area contributed by atoms with Crippen LogP contribution in [0, 0.1) is 11.3 Å². The SMILES string of the molecule is CC(C1CC1)N1CCC(C)(CN)C1. The van der Waals surface area contributed by atoms with Crippen molar-refractivity contribution in [2.45, 2.75) is 39.2 Å². The molecule has 2 N–H and O–H groups in total. The van der Waals surface area contributed by atoms with Gasteiger partial charge in [-0.25, -0.2) is 0 Å². The highest BCUT2D eigenvalue weighted by molar-refractivity contribution is 4.93. The van der Waals surface area contributed by atoms with Gasteiger partial charge < -0.3 is 5.73 Å². The van der Waals surface area contributed by atoms with Crippen LogP contribution in [0.5, 0.6) is 0 Å². The second-order valence-corrected chi connectivity index (χ2v) is 5.31. The Morgan fingerprint density at radius 3 is 2.69 bits per heavy atom. The fourth-order valence-electron chi connectivity index (χ4n) is 2.45. The Labute approximate surface area is 81.5 Å². The van der Waals surface area contributed by atoms with E-state index < -0.39 is 0 Å². The molecule has 1 heterocycles. The molecular formula is C11H22N2. The third-order valence-corrected chi connectivity index (χ3v) is 3.96. The van der Waals surface area contributed by atoms with Gasteiger partial charge in [-0.1, -0.05) is 6.92 Å². The Morgan fingerprint density at radius 2 is 2.23 bits per heavy atom. The predicted molar refractivity (Wildman–Crippen MR) is 55.5 cm³/mol. The molecule has 2 fully saturated rings. The first-order valence-electron chi connectivity index (χ1n) is 5.59. The quantitative estimate of drug-likeness (QED) is 0.716. The average Bonchev–Trinajstić information content (AvgIpc) is 2.89. The van der Waals surface area contributed by atoms with Crippen molar-refractivity contribution in [2.75, 3.05) is 19.6 Å². The van der Waals surface area contributed by atoms with Crippen LogP contribution < -0.4 is 5.73 Å². The summed E-state index contributed by atoms with van der Waals surface area (Å²) in [5.74, 6) is 1.00. The van der Waals surface area contributed by atoms with Gasteiger partial charge in [0.05, 0.1) is 0 Å². The molecule has 2 atom stereocenters. The van der Waals surface area contributed by atoms with Gasteiger partial charge >= 0.3 is 0 Å². The lowest BCUT2D eigenvalue weighted by molar-refractivity contribution is 0.206. The monoisotopic (exact) mass is 182 g/mol. The molecular weight excluding hydrogens is 160 g/mol. The Kier molecular flexibility index (Phi) is 2.37. The maximum atomic E-state index is 5.80. The van der Waals surface area contributed by atoms with Gasteiger partial charge in [-0.05, 0) is 50.6 Å². The predicted octanol–water partition coefficient (Wildman–Crippen LogP) is 1.46. The first-order valence-corrected chi connectivity index (χ1v) is 5.59.